The topological polar surface area (TPSA) is 84.0 Å². The summed E-state index contributed by atoms with van der Waals surface area (Å²) in [5.41, 5.74) is 1.18. The SMILES string of the molecule is CN(Cc1ccc(F)cc1)C(=O)COC(=O)CN1C(=O)c2ccccc2C1=O. The molecule has 0 unspecified atom stereocenters. The molecule has 0 radical (unpaired) electrons. The fourth-order valence-corrected chi connectivity index (χ4v) is 2.76. The number of benzene rings is 2. The molecule has 1 aliphatic heterocycles. The zero-order valence-corrected chi connectivity index (χ0v) is 15.1. The van der Waals surface area contributed by atoms with Gasteiger partial charge in [-0.15, -0.1) is 0 Å². The van der Waals surface area contributed by atoms with Gasteiger partial charge in [-0.05, 0) is 29.8 Å². The van der Waals surface area contributed by atoms with E-state index in [9.17, 15) is 23.6 Å². The molecule has 0 N–H and O–H groups in total. The number of imide groups is 1. The summed E-state index contributed by atoms with van der Waals surface area (Å²) in [6.45, 7) is -0.879. The van der Waals surface area contributed by atoms with Gasteiger partial charge in [0.1, 0.15) is 12.4 Å². The standard InChI is InChI=1S/C20H17FN2O5/c1-22(10-13-6-8-14(21)9-7-13)17(24)12-28-18(25)11-23-19(26)15-4-2-3-5-16(15)20(23)27/h2-9H,10-12H2,1H3. The first-order chi connectivity index (χ1) is 13.4. The highest BCUT2D eigenvalue weighted by Gasteiger charge is 2.36. The van der Waals surface area contributed by atoms with E-state index in [-0.39, 0.29) is 23.5 Å². The summed E-state index contributed by atoms with van der Waals surface area (Å²) in [5, 5.41) is 0. The fraction of sp³-hybridized carbons (Fsp3) is 0.200. The summed E-state index contributed by atoms with van der Waals surface area (Å²) >= 11 is 0. The normalized spacial score (nSPS) is 12.7. The first-order valence-electron chi connectivity index (χ1n) is 8.46. The third-order valence-corrected chi connectivity index (χ3v) is 4.28. The highest BCUT2D eigenvalue weighted by Crippen LogP contribution is 2.22. The zero-order valence-electron chi connectivity index (χ0n) is 15.1. The maximum Gasteiger partial charge on any atom is 0.326 e. The lowest BCUT2D eigenvalue weighted by Gasteiger charge is -2.18. The van der Waals surface area contributed by atoms with E-state index in [4.69, 9.17) is 4.74 Å². The Labute approximate surface area is 160 Å². The largest absolute Gasteiger partial charge is 0.454 e. The number of carbonyl (C=O) groups excluding carboxylic acids is 4. The van der Waals surface area contributed by atoms with Crippen molar-refractivity contribution >= 4 is 23.7 Å². The van der Waals surface area contributed by atoms with Crippen LogP contribution in [0.1, 0.15) is 26.3 Å². The van der Waals surface area contributed by atoms with Gasteiger partial charge in [-0.2, -0.15) is 0 Å². The van der Waals surface area contributed by atoms with Crippen molar-refractivity contribution in [3.05, 3.63) is 71.0 Å². The van der Waals surface area contributed by atoms with Crippen LogP contribution in [-0.4, -0.2) is 53.7 Å². The highest BCUT2D eigenvalue weighted by atomic mass is 19.1. The number of fused-ring (bicyclic) bond motifs is 1. The minimum atomic E-state index is -0.863. The smallest absolute Gasteiger partial charge is 0.326 e. The molecule has 3 amide bonds. The molecule has 8 heteroatoms. The van der Waals surface area contributed by atoms with Crippen molar-refractivity contribution < 1.29 is 28.3 Å². The Morgan fingerprint density at radius 1 is 1.00 bits per heavy atom. The van der Waals surface area contributed by atoms with Gasteiger partial charge < -0.3 is 9.64 Å². The van der Waals surface area contributed by atoms with E-state index in [2.05, 4.69) is 0 Å². The molecule has 1 aliphatic rings. The molecule has 2 aromatic carbocycles. The molecule has 2 aromatic rings. The molecule has 0 fully saturated rings. The summed E-state index contributed by atoms with van der Waals surface area (Å²) in [4.78, 5) is 50.6. The third kappa shape index (κ3) is 4.06. The lowest BCUT2D eigenvalue weighted by Crippen LogP contribution is -2.37. The lowest BCUT2D eigenvalue weighted by atomic mass is 10.1. The van der Waals surface area contributed by atoms with Crippen LogP contribution < -0.4 is 0 Å². The molecule has 0 saturated carbocycles. The molecule has 0 aromatic heterocycles. The van der Waals surface area contributed by atoms with Gasteiger partial charge in [0, 0.05) is 13.6 Å². The lowest BCUT2D eigenvalue weighted by molar-refractivity contribution is -0.151. The Balaban J connectivity index is 1.50. The average molecular weight is 384 g/mol. The molecule has 1 heterocycles. The number of hydrogen-bond acceptors (Lipinski definition) is 5. The van der Waals surface area contributed by atoms with Crippen LogP contribution in [0.3, 0.4) is 0 Å². The van der Waals surface area contributed by atoms with E-state index in [0.29, 0.717) is 0 Å². The van der Waals surface area contributed by atoms with Crippen molar-refractivity contribution in [1.29, 1.82) is 0 Å². The number of carbonyl (C=O) groups is 4. The molecule has 3 rings (SSSR count). The first-order valence-corrected chi connectivity index (χ1v) is 8.46. The molecule has 0 atom stereocenters. The Morgan fingerprint density at radius 3 is 2.14 bits per heavy atom. The summed E-state index contributed by atoms with van der Waals surface area (Å²) in [6, 6.07) is 11.9. The molecule has 28 heavy (non-hydrogen) atoms. The van der Waals surface area contributed by atoms with E-state index >= 15 is 0 Å². The number of nitrogens with zero attached hydrogens (tertiary/aromatic N) is 2. The third-order valence-electron chi connectivity index (χ3n) is 4.28. The number of amides is 3. The number of esters is 1. The van der Waals surface area contributed by atoms with E-state index < -0.39 is 36.8 Å². The van der Waals surface area contributed by atoms with Gasteiger partial charge in [0.15, 0.2) is 6.61 Å². The van der Waals surface area contributed by atoms with Crippen molar-refractivity contribution in [2.24, 2.45) is 0 Å². The van der Waals surface area contributed by atoms with Crippen molar-refractivity contribution in [3.63, 3.8) is 0 Å². The molecular formula is C20H17FN2O5. The Morgan fingerprint density at radius 2 is 1.57 bits per heavy atom. The maximum absolute atomic E-state index is 12.9. The molecule has 0 bridgehead atoms. The quantitative estimate of drug-likeness (QED) is 0.558. The number of likely N-dealkylation sites (N-methyl/N-ethyl adjacent to an activating group) is 1. The van der Waals surface area contributed by atoms with Crippen LogP contribution in [0.25, 0.3) is 0 Å². The molecule has 144 valence electrons. The number of halogens is 1. The fourth-order valence-electron chi connectivity index (χ4n) is 2.76. The van der Waals surface area contributed by atoms with Crippen LogP contribution in [-0.2, 0) is 20.9 Å². The van der Waals surface area contributed by atoms with Crippen LogP contribution in [0.4, 0.5) is 4.39 Å². The molecular weight excluding hydrogens is 367 g/mol. The van der Waals surface area contributed by atoms with Crippen LogP contribution >= 0.6 is 0 Å². The minimum Gasteiger partial charge on any atom is -0.454 e. The van der Waals surface area contributed by atoms with Gasteiger partial charge in [-0.1, -0.05) is 24.3 Å². The monoisotopic (exact) mass is 384 g/mol. The number of ether oxygens (including phenoxy) is 1. The second kappa shape index (κ2) is 7.99. The second-order valence-electron chi connectivity index (χ2n) is 6.28. The van der Waals surface area contributed by atoms with Gasteiger partial charge >= 0.3 is 5.97 Å². The Kier molecular flexibility index (Phi) is 5.49. The highest BCUT2D eigenvalue weighted by molar-refractivity contribution is 6.22. The van der Waals surface area contributed by atoms with E-state index in [1.54, 1.807) is 24.3 Å². The maximum atomic E-state index is 12.9. The average Bonchev–Trinajstić information content (AvgIpc) is 2.93. The van der Waals surface area contributed by atoms with Gasteiger partial charge in [-0.25, -0.2) is 4.39 Å². The number of hydrogen-bond donors (Lipinski definition) is 0. The van der Waals surface area contributed by atoms with Crippen LogP contribution in [0, 0.1) is 5.82 Å². The van der Waals surface area contributed by atoms with Crippen LogP contribution in [0.15, 0.2) is 48.5 Å². The summed E-state index contributed by atoms with van der Waals surface area (Å²) < 4.78 is 17.8. The number of rotatable bonds is 6. The van der Waals surface area contributed by atoms with Gasteiger partial charge in [0.2, 0.25) is 0 Å². The zero-order chi connectivity index (χ0) is 20.3. The van der Waals surface area contributed by atoms with Crippen molar-refractivity contribution in [2.45, 2.75) is 6.54 Å². The molecule has 0 saturated heterocycles. The van der Waals surface area contributed by atoms with Crippen LogP contribution in [0.2, 0.25) is 0 Å². The van der Waals surface area contributed by atoms with Crippen molar-refractivity contribution in [1.82, 2.24) is 9.80 Å². The molecule has 7 nitrogen and oxygen atoms in total. The Bertz CT molecular complexity index is 907. The van der Waals surface area contributed by atoms with E-state index in [1.165, 1.54) is 36.2 Å². The first kappa shape index (κ1) is 19.2. The van der Waals surface area contributed by atoms with E-state index in [1.807, 2.05) is 0 Å². The van der Waals surface area contributed by atoms with Crippen LogP contribution in [0.5, 0.6) is 0 Å². The van der Waals surface area contributed by atoms with Crippen molar-refractivity contribution in [3.8, 4) is 0 Å². The predicted octanol–water partition coefficient (Wildman–Crippen LogP) is 1.62. The van der Waals surface area contributed by atoms with Crippen molar-refractivity contribution in [2.75, 3.05) is 20.2 Å². The minimum absolute atomic E-state index is 0.217. The Hall–Kier alpha value is -3.55. The van der Waals surface area contributed by atoms with E-state index in [0.717, 1.165) is 10.5 Å². The van der Waals surface area contributed by atoms with Gasteiger partial charge in [0.25, 0.3) is 17.7 Å². The molecule has 0 aliphatic carbocycles. The summed E-state index contributed by atoms with van der Waals surface area (Å²) in [5.74, 6) is -2.85. The second-order valence-corrected chi connectivity index (χ2v) is 6.28. The van der Waals surface area contributed by atoms with Gasteiger partial charge in [0.05, 0.1) is 11.1 Å². The summed E-state index contributed by atoms with van der Waals surface area (Å²) in [7, 11) is 1.52. The molecule has 0 spiro atoms. The predicted molar refractivity (Wildman–Crippen MR) is 95.6 cm³/mol. The van der Waals surface area contributed by atoms with Gasteiger partial charge in [-0.3, -0.25) is 24.1 Å². The summed E-state index contributed by atoms with van der Waals surface area (Å²) in [6.07, 6.45) is 0.